The maximum absolute atomic E-state index is 2.60. The van der Waals surface area contributed by atoms with Crippen molar-refractivity contribution in [2.45, 2.75) is 46.6 Å². The van der Waals surface area contributed by atoms with Crippen molar-refractivity contribution >= 4 is 5.69 Å². The van der Waals surface area contributed by atoms with E-state index in [0.29, 0.717) is 5.92 Å². The van der Waals surface area contributed by atoms with Crippen LogP contribution in [0.4, 0.5) is 5.69 Å². The molecule has 2 aromatic rings. The quantitative estimate of drug-likeness (QED) is 0.713. The van der Waals surface area contributed by atoms with Crippen LogP contribution in [0.25, 0.3) is 0 Å². The van der Waals surface area contributed by atoms with Crippen LogP contribution in [-0.4, -0.2) is 31.6 Å². The fourth-order valence-corrected chi connectivity index (χ4v) is 3.59. The van der Waals surface area contributed by atoms with Gasteiger partial charge in [-0.2, -0.15) is 0 Å². The van der Waals surface area contributed by atoms with Crippen LogP contribution in [0.5, 0.6) is 0 Å². The van der Waals surface area contributed by atoms with E-state index in [9.17, 15) is 0 Å². The number of aryl methyl sites for hydroxylation is 1. The third-order valence-electron chi connectivity index (χ3n) is 5.03. The Balaban J connectivity index is 0.00000109. The zero-order valence-electron chi connectivity index (χ0n) is 16.6. The molecule has 1 saturated heterocycles. The van der Waals surface area contributed by atoms with Crippen LogP contribution in [0.15, 0.2) is 48.5 Å². The molecule has 0 saturated carbocycles. The molecule has 25 heavy (non-hydrogen) atoms. The second-order valence-corrected chi connectivity index (χ2v) is 6.78. The Hall–Kier alpha value is -1.80. The molecule has 1 fully saturated rings. The van der Waals surface area contributed by atoms with E-state index < -0.39 is 0 Å². The summed E-state index contributed by atoms with van der Waals surface area (Å²) in [5.74, 6) is 0.655. The van der Waals surface area contributed by atoms with Crippen molar-refractivity contribution in [1.29, 1.82) is 0 Å². The summed E-state index contributed by atoms with van der Waals surface area (Å²) < 4.78 is 0. The highest BCUT2D eigenvalue weighted by atomic mass is 15.1. The Labute approximate surface area is 154 Å². The average molecular weight is 339 g/mol. The molecular weight excluding hydrogens is 304 g/mol. The summed E-state index contributed by atoms with van der Waals surface area (Å²) >= 11 is 0. The second-order valence-electron chi connectivity index (χ2n) is 6.78. The lowest BCUT2D eigenvalue weighted by atomic mass is 9.94. The third-order valence-corrected chi connectivity index (χ3v) is 5.03. The Morgan fingerprint density at radius 2 is 1.80 bits per heavy atom. The van der Waals surface area contributed by atoms with Gasteiger partial charge in [-0.25, -0.2) is 0 Å². The molecule has 0 aromatic heterocycles. The van der Waals surface area contributed by atoms with Gasteiger partial charge in [-0.15, -0.1) is 0 Å². The van der Waals surface area contributed by atoms with Crippen molar-refractivity contribution in [1.82, 2.24) is 4.90 Å². The largest absolute Gasteiger partial charge is 0.375 e. The minimum atomic E-state index is 0.655. The molecule has 2 heteroatoms. The van der Waals surface area contributed by atoms with Crippen LogP contribution >= 0.6 is 0 Å². The van der Waals surface area contributed by atoms with Crippen molar-refractivity contribution in [3.63, 3.8) is 0 Å². The van der Waals surface area contributed by atoms with E-state index in [-0.39, 0.29) is 0 Å². The van der Waals surface area contributed by atoms with E-state index in [1.807, 2.05) is 13.8 Å². The molecule has 2 nitrogen and oxygen atoms in total. The van der Waals surface area contributed by atoms with Gasteiger partial charge in [0.05, 0.1) is 0 Å². The molecule has 3 rings (SSSR count). The van der Waals surface area contributed by atoms with Crippen LogP contribution in [0.3, 0.4) is 0 Å². The molecular formula is C23H34N2. The third kappa shape index (κ3) is 5.09. The first-order valence-corrected chi connectivity index (χ1v) is 9.75. The molecule has 0 spiro atoms. The van der Waals surface area contributed by atoms with Gasteiger partial charge in [-0.05, 0) is 49.9 Å². The predicted molar refractivity (Wildman–Crippen MR) is 111 cm³/mol. The van der Waals surface area contributed by atoms with Crippen LogP contribution in [-0.2, 0) is 6.54 Å². The predicted octanol–water partition coefficient (Wildman–Crippen LogP) is 5.47. The topological polar surface area (TPSA) is 6.48 Å². The number of rotatable bonds is 5. The van der Waals surface area contributed by atoms with Crippen molar-refractivity contribution in [2.75, 3.05) is 31.6 Å². The molecule has 0 aliphatic carbocycles. The van der Waals surface area contributed by atoms with Gasteiger partial charge in [0.25, 0.3) is 0 Å². The molecule has 0 N–H and O–H groups in total. The van der Waals surface area contributed by atoms with E-state index in [4.69, 9.17) is 0 Å². The fourth-order valence-electron chi connectivity index (χ4n) is 3.59. The number of hydrogen-bond donors (Lipinski definition) is 0. The Morgan fingerprint density at radius 3 is 2.48 bits per heavy atom. The molecule has 1 heterocycles. The van der Waals surface area contributed by atoms with Crippen molar-refractivity contribution in [3.05, 3.63) is 65.2 Å². The summed E-state index contributed by atoms with van der Waals surface area (Å²) in [4.78, 5) is 4.96. The summed E-state index contributed by atoms with van der Waals surface area (Å²) in [6.07, 6.45) is 1.26. The van der Waals surface area contributed by atoms with Gasteiger partial charge in [0.15, 0.2) is 0 Å². The van der Waals surface area contributed by atoms with Crippen molar-refractivity contribution in [2.24, 2.45) is 0 Å². The zero-order valence-corrected chi connectivity index (χ0v) is 16.6. The molecule has 1 aliphatic rings. The Morgan fingerprint density at radius 1 is 1.08 bits per heavy atom. The second kappa shape index (κ2) is 9.62. The first-order chi connectivity index (χ1) is 12.2. The lowest BCUT2D eigenvalue weighted by molar-refractivity contribution is 0.327. The maximum atomic E-state index is 2.60. The summed E-state index contributed by atoms with van der Waals surface area (Å²) in [5, 5.41) is 0. The SMILES string of the molecule is CC.CCN(C)c1ccc(C)cc1C1CCN(Cc2ccccc2)C1. The van der Waals surface area contributed by atoms with Gasteiger partial charge >= 0.3 is 0 Å². The number of nitrogens with zero attached hydrogens (tertiary/aromatic N) is 2. The normalized spacial score (nSPS) is 17.1. The van der Waals surface area contributed by atoms with E-state index in [0.717, 1.165) is 13.1 Å². The molecule has 1 aliphatic heterocycles. The minimum Gasteiger partial charge on any atom is -0.375 e. The average Bonchev–Trinajstić information content (AvgIpc) is 3.12. The molecule has 0 bridgehead atoms. The highest BCUT2D eigenvalue weighted by Gasteiger charge is 2.26. The number of benzene rings is 2. The minimum absolute atomic E-state index is 0.655. The summed E-state index contributed by atoms with van der Waals surface area (Å²) in [7, 11) is 2.20. The van der Waals surface area contributed by atoms with Gasteiger partial charge in [0, 0.05) is 32.4 Å². The van der Waals surface area contributed by atoms with E-state index in [1.54, 1.807) is 0 Å². The van der Waals surface area contributed by atoms with Gasteiger partial charge in [0.2, 0.25) is 0 Å². The van der Waals surface area contributed by atoms with Gasteiger partial charge < -0.3 is 4.90 Å². The highest BCUT2D eigenvalue weighted by Crippen LogP contribution is 2.35. The summed E-state index contributed by atoms with van der Waals surface area (Å²) in [6.45, 7) is 12.9. The van der Waals surface area contributed by atoms with E-state index in [2.05, 4.69) is 79.2 Å². The summed E-state index contributed by atoms with van der Waals surface area (Å²) in [5.41, 5.74) is 5.73. The number of hydrogen-bond acceptors (Lipinski definition) is 2. The van der Waals surface area contributed by atoms with E-state index >= 15 is 0 Å². The number of anilines is 1. The fraction of sp³-hybridized carbons (Fsp3) is 0.478. The van der Waals surface area contributed by atoms with Crippen LogP contribution in [0.2, 0.25) is 0 Å². The Kier molecular flexibility index (Phi) is 7.52. The molecule has 0 radical (unpaired) electrons. The first kappa shape index (κ1) is 19.5. The smallest absolute Gasteiger partial charge is 0.0399 e. The van der Waals surface area contributed by atoms with Gasteiger partial charge in [-0.3, -0.25) is 4.90 Å². The molecule has 1 unspecified atom stereocenters. The van der Waals surface area contributed by atoms with Crippen LogP contribution in [0, 0.1) is 6.92 Å². The van der Waals surface area contributed by atoms with E-state index in [1.165, 1.54) is 41.9 Å². The highest BCUT2D eigenvalue weighted by molar-refractivity contribution is 5.56. The van der Waals surface area contributed by atoms with Crippen LogP contribution in [0.1, 0.15) is 49.8 Å². The van der Waals surface area contributed by atoms with Crippen molar-refractivity contribution < 1.29 is 0 Å². The monoisotopic (exact) mass is 338 g/mol. The Bertz CT molecular complexity index is 636. The molecule has 2 aromatic carbocycles. The standard InChI is InChI=1S/C21H28N2.C2H6/c1-4-22(3)21-11-10-17(2)14-20(21)19-12-13-23(16-19)15-18-8-6-5-7-9-18;1-2/h5-11,14,19H,4,12-13,15-16H2,1-3H3;1-2H3. The van der Waals surface area contributed by atoms with Crippen molar-refractivity contribution in [3.8, 4) is 0 Å². The molecule has 0 amide bonds. The van der Waals surface area contributed by atoms with Crippen LogP contribution < -0.4 is 4.90 Å². The van der Waals surface area contributed by atoms with Gasteiger partial charge in [-0.1, -0.05) is 61.9 Å². The molecule has 136 valence electrons. The van der Waals surface area contributed by atoms with Gasteiger partial charge in [0.1, 0.15) is 0 Å². The summed E-state index contributed by atoms with van der Waals surface area (Å²) in [6, 6.07) is 17.8. The number of likely N-dealkylation sites (tertiary alicyclic amines) is 1. The zero-order chi connectivity index (χ0) is 18.2. The first-order valence-electron chi connectivity index (χ1n) is 9.75. The lowest BCUT2D eigenvalue weighted by Gasteiger charge is -2.24. The molecule has 1 atom stereocenters. The lowest BCUT2D eigenvalue weighted by Crippen LogP contribution is -2.21. The maximum Gasteiger partial charge on any atom is 0.0399 e.